The van der Waals surface area contributed by atoms with Gasteiger partial charge in [0.05, 0.1) is 5.69 Å². The lowest BCUT2D eigenvalue weighted by Gasteiger charge is -2.04. The maximum Gasteiger partial charge on any atom is 0.131 e. The van der Waals surface area contributed by atoms with E-state index in [1.165, 1.54) is 0 Å². The lowest BCUT2D eigenvalue weighted by atomic mass is 10.0. The molecule has 1 aromatic heterocycles. The second kappa shape index (κ2) is 4.02. The van der Waals surface area contributed by atoms with Gasteiger partial charge in [0, 0.05) is 23.4 Å². The number of H-pyrrole nitrogens is 1. The van der Waals surface area contributed by atoms with Crippen LogP contribution in [0.1, 0.15) is 11.4 Å². The van der Waals surface area contributed by atoms with Crippen molar-refractivity contribution in [1.29, 1.82) is 0 Å². The molecule has 16 heavy (non-hydrogen) atoms. The Kier molecular flexibility index (Phi) is 2.70. The Bertz CT molecular complexity index is 520. The van der Waals surface area contributed by atoms with Gasteiger partial charge in [-0.05, 0) is 25.1 Å². The number of hydrogen-bond donors (Lipinski definition) is 2. The molecule has 2 aromatic rings. The van der Waals surface area contributed by atoms with E-state index in [1.54, 1.807) is 6.92 Å². The minimum absolute atomic E-state index is 0.176. The summed E-state index contributed by atoms with van der Waals surface area (Å²) >= 11 is 0. The molecule has 2 rings (SSSR count). The van der Waals surface area contributed by atoms with E-state index in [4.69, 9.17) is 5.73 Å². The van der Waals surface area contributed by atoms with Crippen molar-refractivity contribution in [3.63, 3.8) is 0 Å². The summed E-state index contributed by atoms with van der Waals surface area (Å²) in [6.07, 6.45) is 0. The number of nitrogens with zero attached hydrogens (tertiary/aromatic N) is 1. The first-order valence-electron chi connectivity index (χ1n) is 4.83. The van der Waals surface area contributed by atoms with Crippen molar-refractivity contribution in [2.75, 3.05) is 0 Å². The van der Waals surface area contributed by atoms with E-state index in [9.17, 15) is 8.78 Å². The average molecular weight is 223 g/mol. The van der Waals surface area contributed by atoms with Crippen LogP contribution in [-0.2, 0) is 6.54 Å². The first kappa shape index (κ1) is 10.8. The number of benzene rings is 1. The summed E-state index contributed by atoms with van der Waals surface area (Å²) in [5, 5.41) is 6.66. The summed E-state index contributed by atoms with van der Waals surface area (Å²) in [7, 11) is 0. The van der Waals surface area contributed by atoms with E-state index in [-0.39, 0.29) is 12.1 Å². The second-order valence-electron chi connectivity index (χ2n) is 3.50. The molecular formula is C11H11F2N3. The van der Waals surface area contributed by atoms with Gasteiger partial charge >= 0.3 is 0 Å². The third kappa shape index (κ3) is 1.69. The van der Waals surface area contributed by atoms with E-state index in [0.29, 0.717) is 17.0 Å². The maximum absolute atomic E-state index is 13.6. The van der Waals surface area contributed by atoms with Gasteiger partial charge in [-0.25, -0.2) is 8.78 Å². The maximum atomic E-state index is 13.6. The van der Waals surface area contributed by atoms with Crippen LogP contribution in [0.4, 0.5) is 8.78 Å². The summed E-state index contributed by atoms with van der Waals surface area (Å²) < 4.78 is 26.7. The molecular weight excluding hydrogens is 212 g/mol. The number of nitrogens with one attached hydrogen (secondary N) is 1. The topological polar surface area (TPSA) is 54.7 Å². The molecule has 0 bridgehead atoms. The van der Waals surface area contributed by atoms with Gasteiger partial charge in [0.25, 0.3) is 0 Å². The van der Waals surface area contributed by atoms with Crippen molar-refractivity contribution in [1.82, 2.24) is 10.2 Å². The molecule has 5 heteroatoms. The molecule has 1 heterocycles. The molecule has 0 aliphatic rings. The van der Waals surface area contributed by atoms with E-state index in [1.807, 2.05) is 0 Å². The third-order valence-electron chi connectivity index (χ3n) is 2.41. The molecule has 3 N–H and O–H groups in total. The highest BCUT2D eigenvalue weighted by Gasteiger charge is 2.15. The van der Waals surface area contributed by atoms with E-state index in [0.717, 1.165) is 18.2 Å². The second-order valence-corrected chi connectivity index (χ2v) is 3.50. The van der Waals surface area contributed by atoms with Crippen LogP contribution in [0.2, 0.25) is 0 Å². The van der Waals surface area contributed by atoms with Crippen LogP contribution in [0, 0.1) is 18.6 Å². The molecule has 0 aliphatic carbocycles. The molecule has 0 spiro atoms. The minimum Gasteiger partial charge on any atom is -0.325 e. The first-order chi connectivity index (χ1) is 7.63. The molecule has 1 aromatic carbocycles. The Balaban J connectivity index is 2.66. The van der Waals surface area contributed by atoms with Crippen molar-refractivity contribution < 1.29 is 8.78 Å². The Hall–Kier alpha value is -1.75. The zero-order valence-electron chi connectivity index (χ0n) is 8.72. The third-order valence-corrected chi connectivity index (χ3v) is 2.41. The number of aryl methyl sites for hydroxylation is 1. The minimum atomic E-state index is -0.486. The molecule has 0 saturated heterocycles. The number of aromatic nitrogens is 2. The van der Waals surface area contributed by atoms with Crippen LogP contribution < -0.4 is 5.73 Å². The predicted octanol–water partition coefficient (Wildman–Crippen LogP) is 2.12. The summed E-state index contributed by atoms with van der Waals surface area (Å²) in [5.74, 6) is -0.972. The van der Waals surface area contributed by atoms with Gasteiger partial charge in [0.1, 0.15) is 11.6 Å². The highest BCUT2D eigenvalue weighted by atomic mass is 19.1. The van der Waals surface area contributed by atoms with Gasteiger partial charge in [0.15, 0.2) is 0 Å². The average Bonchev–Trinajstić information content (AvgIpc) is 2.63. The van der Waals surface area contributed by atoms with Gasteiger partial charge in [-0.3, -0.25) is 5.10 Å². The van der Waals surface area contributed by atoms with Crippen molar-refractivity contribution in [2.45, 2.75) is 13.5 Å². The highest BCUT2D eigenvalue weighted by molar-refractivity contribution is 5.69. The van der Waals surface area contributed by atoms with Crippen molar-refractivity contribution >= 4 is 0 Å². The molecule has 84 valence electrons. The van der Waals surface area contributed by atoms with Gasteiger partial charge in [-0.15, -0.1) is 0 Å². The van der Waals surface area contributed by atoms with Crippen LogP contribution in [0.5, 0.6) is 0 Å². The fourth-order valence-electron chi connectivity index (χ4n) is 1.67. The highest BCUT2D eigenvalue weighted by Crippen LogP contribution is 2.28. The van der Waals surface area contributed by atoms with E-state index in [2.05, 4.69) is 10.2 Å². The molecule has 0 radical (unpaired) electrons. The molecule has 0 fully saturated rings. The molecule has 3 nitrogen and oxygen atoms in total. The number of rotatable bonds is 2. The Morgan fingerprint density at radius 2 is 2.12 bits per heavy atom. The quantitative estimate of drug-likeness (QED) is 0.819. The molecule has 0 amide bonds. The Morgan fingerprint density at radius 1 is 1.38 bits per heavy atom. The van der Waals surface area contributed by atoms with Gasteiger partial charge in [-0.1, -0.05) is 0 Å². The van der Waals surface area contributed by atoms with Crippen LogP contribution in [0.15, 0.2) is 18.2 Å². The van der Waals surface area contributed by atoms with E-state index >= 15 is 0 Å². The standard InChI is InChI=1S/C11H11F2N3/c1-6-11(10(5-14)16-15-6)8-4-7(12)2-3-9(8)13/h2-4H,5,14H2,1H3,(H,15,16). The lowest BCUT2D eigenvalue weighted by molar-refractivity contribution is 0.603. The van der Waals surface area contributed by atoms with Crippen molar-refractivity contribution in [3.8, 4) is 11.1 Å². The van der Waals surface area contributed by atoms with Crippen molar-refractivity contribution in [3.05, 3.63) is 41.2 Å². The summed E-state index contributed by atoms with van der Waals surface area (Å²) in [4.78, 5) is 0. The zero-order chi connectivity index (χ0) is 11.7. The van der Waals surface area contributed by atoms with Crippen LogP contribution >= 0.6 is 0 Å². The summed E-state index contributed by atoms with van der Waals surface area (Å²) in [6.45, 7) is 1.92. The first-order valence-corrected chi connectivity index (χ1v) is 4.83. The number of hydrogen-bond acceptors (Lipinski definition) is 2. The molecule has 0 unspecified atom stereocenters. The van der Waals surface area contributed by atoms with Crippen LogP contribution in [0.3, 0.4) is 0 Å². The zero-order valence-corrected chi connectivity index (χ0v) is 8.72. The van der Waals surface area contributed by atoms with Gasteiger partial charge < -0.3 is 5.73 Å². The molecule has 0 atom stereocenters. The predicted molar refractivity (Wildman–Crippen MR) is 56.6 cm³/mol. The van der Waals surface area contributed by atoms with Crippen molar-refractivity contribution in [2.24, 2.45) is 5.73 Å². The Labute approximate surface area is 91.3 Å². The normalized spacial score (nSPS) is 10.8. The van der Waals surface area contributed by atoms with Crippen LogP contribution in [-0.4, -0.2) is 10.2 Å². The largest absolute Gasteiger partial charge is 0.325 e. The SMILES string of the molecule is Cc1[nH]nc(CN)c1-c1cc(F)ccc1F. The summed E-state index contributed by atoms with van der Waals surface area (Å²) in [5.41, 5.74) is 7.42. The monoisotopic (exact) mass is 223 g/mol. The van der Waals surface area contributed by atoms with Crippen LogP contribution in [0.25, 0.3) is 11.1 Å². The fraction of sp³-hybridized carbons (Fsp3) is 0.182. The fourth-order valence-corrected chi connectivity index (χ4v) is 1.67. The number of aromatic amines is 1. The van der Waals surface area contributed by atoms with E-state index < -0.39 is 11.6 Å². The molecule has 0 saturated carbocycles. The number of halogens is 2. The van der Waals surface area contributed by atoms with Gasteiger partial charge in [-0.2, -0.15) is 5.10 Å². The molecule has 0 aliphatic heterocycles. The lowest BCUT2D eigenvalue weighted by Crippen LogP contribution is -1.99. The summed E-state index contributed by atoms with van der Waals surface area (Å²) in [6, 6.07) is 3.32. The smallest absolute Gasteiger partial charge is 0.131 e. The number of nitrogens with two attached hydrogens (primary N) is 1. The van der Waals surface area contributed by atoms with Gasteiger partial charge in [0.2, 0.25) is 0 Å². The Morgan fingerprint density at radius 3 is 2.81 bits per heavy atom.